The Hall–Kier alpha value is -10.0. The third-order valence-electron chi connectivity index (χ3n) is 17.4. The molecule has 6 heterocycles. The van der Waals surface area contributed by atoms with Gasteiger partial charge < -0.3 is 45.7 Å². The molecule has 4 aromatic carbocycles. The summed E-state index contributed by atoms with van der Waals surface area (Å²) in [5.74, 6) is -1.03. The van der Waals surface area contributed by atoms with E-state index in [1.165, 1.54) is 59.1 Å². The molecule has 0 amide bonds. The number of halogens is 3. The fourth-order valence-electron chi connectivity index (χ4n) is 11.4. The predicted octanol–water partition coefficient (Wildman–Crippen LogP) is 4.46. The molecule has 7 N–H and O–H groups in total. The standard InChI is InChI=1S/C22H29FN4O3.C15H19N3O3.C12H18N2O.C10H15NO.C8H12ClN3O2.C8H13N3O3.C2H2O4.ClH/c1-15-24-21(28)25(2)22(29)26(15)10-5-11-27-17-8-9-18(27)13-19(12-17)30-14-16-6-3-4-7-20(16)23;1-12-16-14(19)17(2)15(20)18(12)9-6-10-21-11-13-7-4-3-5-8-13;1-11(13)14-8-5-9-15-10-12-6-3-2-4-7-12;11-7-4-8-12-9-10-5-2-1-3-6-10;1-6-10-7(13)11(2)8(14)12(6)5-3-4-9;1-6-9-7(13)10(2)8(14)11(6)4-3-5-12;3-1(4)2(5)6;/h3-4,6-7,17-19H,5,8-14H2,1-2H3;3-5,7-8H,6,9-11H2,1-2H3;2-4,6-7H,5,8-10H2,1H3,(H2,13,14);1-3,5-6H,4,7-9,11H2;3-5H2,1-2H3;12H,3-5H2,1-2H3;(H,3,4)(H,5,6);1H. The lowest BCUT2D eigenvalue weighted by Gasteiger charge is -2.39. The first-order valence-corrected chi connectivity index (χ1v) is 37.2. The zero-order chi connectivity index (χ0) is 82.7. The van der Waals surface area contributed by atoms with E-state index in [2.05, 4.69) is 54.1 Å². The average Bonchev–Trinajstić information content (AvgIpc) is 1.66. The van der Waals surface area contributed by atoms with Crippen LogP contribution in [0.4, 0.5) is 4.39 Å². The van der Waals surface area contributed by atoms with Crippen LogP contribution in [0.2, 0.25) is 0 Å². The summed E-state index contributed by atoms with van der Waals surface area (Å²) in [7, 11) is 5.68. The maximum Gasteiger partial charge on any atom is 0.414 e. The van der Waals surface area contributed by atoms with Crippen molar-refractivity contribution in [1.29, 1.82) is 0 Å². The average molecular weight is 1620 g/mol. The molecule has 0 saturated carbocycles. The van der Waals surface area contributed by atoms with Gasteiger partial charge in [-0.05, 0) is 128 Å². The molecule has 2 unspecified atom stereocenters. The highest BCUT2D eigenvalue weighted by atomic mass is 35.5. The number of rotatable bonds is 30. The summed E-state index contributed by atoms with van der Waals surface area (Å²) in [6.07, 6.45) is 8.93. The van der Waals surface area contributed by atoms with Gasteiger partial charge in [0.2, 0.25) is 0 Å². The number of nitrogens with zero attached hydrogens (tertiary/aromatic N) is 14. The first-order valence-electron chi connectivity index (χ1n) is 36.7. The van der Waals surface area contributed by atoms with Gasteiger partial charge in [-0.3, -0.25) is 28.2 Å². The van der Waals surface area contributed by atoms with Crippen molar-refractivity contribution in [1.82, 2.24) is 61.4 Å². The molecule has 113 heavy (non-hydrogen) atoms. The number of nitrogens with two attached hydrogens (primary N) is 2. The molecule has 0 aliphatic carbocycles. The molecule has 2 bridgehead atoms. The van der Waals surface area contributed by atoms with E-state index < -0.39 is 40.4 Å². The summed E-state index contributed by atoms with van der Waals surface area (Å²) in [4.78, 5) is 132. The van der Waals surface area contributed by atoms with Crippen LogP contribution in [0.5, 0.6) is 0 Å². The van der Waals surface area contributed by atoms with Gasteiger partial charge in [-0.2, -0.15) is 19.9 Å². The number of carboxylic acid groups (broad SMARTS) is 2. The molecule has 36 heteroatoms. The molecule has 2 aliphatic rings. The van der Waals surface area contributed by atoms with Crippen molar-refractivity contribution < 1.29 is 48.2 Å². The smallest absolute Gasteiger partial charge is 0.414 e. The summed E-state index contributed by atoms with van der Waals surface area (Å²) in [6.45, 7) is 16.9. The number of aryl methyl sites for hydroxylation is 4. The molecule has 620 valence electrons. The number of carboxylic acids is 2. The number of amidine groups is 1. The Morgan fingerprint density at radius 1 is 0.504 bits per heavy atom. The van der Waals surface area contributed by atoms with Crippen molar-refractivity contribution in [3.63, 3.8) is 0 Å². The summed E-state index contributed by atoms with van der Waals surface area (Å²) in [5.41, 5.74) is 11.4. The van der Waals surface area contributed by atoms with Crippen LogP contribution >= 0.6 is 24.0 Å². The molecule has 33 nitrogen and oxygen atoms in total. The van der Waals surface area contributed by atoms with Gasteiger partial charge in [0, 0.05) is 117 Å². The largest absolute Gasteiger partial charge is 0.473 e. The quantitative estimate of drug-likeness (QED) is 0.0136. The molecule has 2 aliphatic heterocycles. The van der Waals surface area contributed by atoms with Gasteiger partial charge >= 0.3 is 57.5 Å². The number of aliphatic hydroxyl groups excluding tert-OH is 1. The summed E-state index contributed by atoms with van der Waals surface area (Å²) < 4.78 is 46.2. The molecule has 2 saturated heterocycles. The van der Waals surface area contributed by atoms with Gasteiger partial charge in [-0.1, -0.05) is 109 Å². The van der Waals surface area contributed by atoms with Gasteiger partial charge in [0.1, 0.15) is 29.1 Å². The second-order valence-electron chi connectivity index (χ2n) is 25.9. The minimum Gasteiger partial charge on any atom is -0.473 e. The minimum absolute atomic E-state index is 0. The van der Waals surface area contributed by atoms with Crippen molar-refractivity contribution in [2.24, 2.45) is 44.7 Å². The van der Waals surface area contributed by atoms with Crippen LogP contribution in [0.1, 0.15) is 117 Å². The van der Waals surface area contributed by atoms with E-state index in [4.69, 9.17) is 66.9 Å². The van der Waals surface area contributed by atoms with Gasteiger partial charge in [-0.25, -0.2) is 70.6 Å². The molecular weight excluding hydrogens is 1510 g/mol. The number of carbonyl (C=O) groups is 2. The second-order valence-corrected chi connectivity index (χ2v) is 26.3. The van der Waals surface area contributed by atoms with Crippen molar-refractivity contribution in [2.75, 3.05) is 51.9 Å². The number of aliphatic carboxylic acids is 2. The first kappa shape index (κ1) is 97.2. The topological polar surface area (TPSA) is 427 Å². The number of benzene rings is 4. The van der Waals surface area contributed by atoms with Crippen molar-refractivity contribution in [2.45, 2.75) is 170 Å². The maximum atomic E-state index is 13.8. The van der Waals surface area contributed by atoms with Crippen LogP contribution in [0.15, 0.2) is 159 Å². The molecule has 0 spiro atoms. The highest BCUT2D eigenvalue weighted by Gasteiger charge is 2.40. The number of aliphatic hydroxyl groups is 1. The van der Waals surface area contributed by atoms with E-state index in [1.807, 2.05) is 72.8 Å². The third kappa shape index (κ3) is 34.5. The fraction of sp³-hybridized carbons (Fsp3) is 0.494. The van der Waals surface area contributed by atoms with E-state index in [9.17, 15) is 42.7 Å². The van der Waals surface area contributed by atoms with E-state index in [0.717, 1.165) is 95.1 Å². The predicted molar refractivity (Wildman–Crippen MR) is 429 cm³/mol. The lowest BCUT2D eigenvalue weighted by Crippen LogP contribution is -2.46. The highest BCUT2D eigenvalue weighted by Crippen LogP contribution is 2.37. The van der Waals surface area contributed by atoms with Crippen LogP contribution in [-0.2, 0) is 109 Å². The summed E-state index contributed by atoms with van der Waals surface area (Å²) in [6, 6.07) is 37.9. The van der Waals surface area contributed by atoms with Crippen LogP contribution < -0.4 is 57.0 Å². The van der Waals surface area contributed by atoms with Crippen molar-refractivity contribution in [3.05, 3.63) is 251 Å². The Kier molecular flexibility index (Phi) is 45.6. The molecular formula is C77H109Cl2FN16O17. The molecule has 2 atom stereocenters. The SMILES string of the molecule is CC(N)=NCCCOCc1ccccc1.Cc1nc(=O)n(C)c(=O)n1CCCCl.Cc1nc(=O)n(C)c(=O)n1CCCN1C2CCC1CC(OCc1ccccc1F)C2.Cc1nc(=O)n(C)c(=O)n1CCCO.Cc1nc(=O)n(C)c(=O)n1CCCOCc1ccccc1.Cl.NCCCOCc1ccccc1.O=C(O)C(=O)O. The Morgan fingerprint density at radius 3 is 1.20 bits per heavy atom. The number of alkyl halides is 1. The first-order chi connectivity index (χ1) is 53.5. The Balaban J connectivity index is 0.000000356. The summed E-state index contributed by atoms with van der Waals surface area (Å²) >= 11 is 5.52. The number of piperidine rings is 1. The highest BCUT2D eigenvalue weighted by molar-refractivity contribution is 6.27. The second kappa shape index (κ2) is 53.1. The van der Waals surface area contributed by atoms with E-state index in [-0.39, 0.29) is 48.0 Å². The maximum absolute atomic E-state index is 13.8. The molecule has 8 aromatic rings. The summed E-state index contributed by atoms with van der Waals surface area (Å²) in [5, 5.41) is 23.4. The minimum atomic E-state index is -1.82. The molecule has 0 radical (unpaired) electrons. The van der Waals surface area contributed by atoms with Crippen LogP contribution in [0.3, 0.4) is 0 Å². The zero-order valence-corrected chi connectivity index (χ0v) is 67.3. The Morgan fingerprint density at radius 2 is 0.850 bits per heavy atom. The number of ether oxygens (including phenoxy) is 4. The monoisotopic (exact) mass is 1620 g/mol. The van der Waals surface area contributed by atoms with Crippen LogP contribution in [0, 0.1) is 33.5 Å². The normalized spacial score (nSPS) is 13.9. The number of aromatic nitrogens is 12. The van der Waals surface area contributed by atoms with Gasteiger partial charge in [0.05, 0.1) is 38.4 Å². The number of hydrogen-bond acceptors (Lipinski definition) is 22. The van der Waals surface area contributed by atoms with Gasteiger partial charge in [0.25, 0.3) is 0 Å². The van der Waals surface area contributed by atoms with Crippen LogP contribution in [0.25, 0.3) is 0 Å². The number of fused-ring (bicyclic) bond motifs is 2. The molecule has 10 rings (SSSR count). The van der Waals surface area contributed by atoms with Crippen LogP contribution in [-0.4, -0.2) is 165 Å². The Labute approximate surface area is 665 Å². The van der Waals surface area contributed by atoms with Crippen molar-refractivity contribution >= 4 is 41.8 Å². The van der Waals surface area contributed by atoms with Crippen molar-refractivity contribution in [3.8, 4) is 0 Å². The Bertz CT molecular complexity index is 4620. The van der Waals surface area contributed by atoms with E-state index >= 15 is 0 Å². The third-order valence-corrected chi connectivity index (χ3v) is 17.7. The molecule has 2 fully saturated rings. The van der Waals surface area contributed by atoms with Gasteiger partial charge in [0.15, 0.2) is 0 Å². The van der Waals surface area contributed by atoms with Gasteiger partial charge in [-0.15, -0.1) is 24.0 Å². The number of aliphatic imine (C=N–C) groups is 1. The lowest BCUT2D eigenvalue weighted by atomic mass is 9.99. The lowest BCUT2D eigenvalue weighted by molar-refractivity contribution is -0.159. The molecule has 4 aromatic heterocycles. The fourth-order valence-corrected chi connectivity index (χ4v) is 11.5. The number of hydrogen-bond donors (Lipinski definition) is 5. The van der Waals surface area contributed by atoms with E-state index in [0.29, 0.717) is 138 Å². The zero-order valence-electron chi connectivity index (χ0n) is 65.7. The van der Waals surface area contributed by atoms with E-state index in [1.54, 1.807) is 51.3 Å².